The summed E-state index contributed by atoms with van der Waals surface area (Å²) in [6.45, 7) is 7.87. The summed E-state index contributed by atoms with van der Waals surface area (Å²) in [6.07, 6.45) is 4.07. The summed E-state index contributed by atoms with van der Waals surface area (Å²) in [5, 5.41) is 2.95. The van der Waals surface area contributed by atoms with Gasteiger partial charge in [0.2, 0.25) is 11.8 Å². The van der Waals surface area contributed by atoms with Crippen molar-refractivity contribution in [1.29, 1.82) is 0 Å². The molecule has 2 fully saturated rings. The summed E-state index contributed by atoms with van der Waals surface area (Å²) in [4.78, 5) is 26.6. The number of nitrogens with one attached hydrogen (secondary N) is 1. The second kappa shape index (κ2) is 4.56. The molecule has 102 valence electrons. The number of carbonyl (C=O) groups excluding carboxylic acids is 2. The highest BCUT2D eigenvalue weighted by Crippen LogP contribution is 2.42. The fourth-order valence-corrected chi connectivity index (χ4v) is 3.06. The van der Waals surface area contributed by atoms with Crippen molar-refractivity contribution >= 4 is 11.8 Å². The van der Waals surface area contributed by atoms with Gasteiger partial charge in [0.25, 0.3) is 0 Å². The van der Waals surface area contributed by atoms with Gasteiger partial charge in [-0.05, 0) is 46.0 Å². The first-order chi connectivity index (χ1) is 8.41. The molecule has 2 aliphatic rings. The van der Waals surface area contributed by atoms with Crippen LogP contribution in [0.15, 0.2) is 0 Å². The predicted octanol–water partition coefficient (Wildman–Crippen LogP) is 1.69. The predicted molar refractivity (Wildman–Crippen MR) is 69.9 cm³/mol. The first-order valence-corrected chi connectivity index (χ1v) is 7.06. The van der Waals surface area contributed by atoms with E-state index in [4.69, 9.17) is 0 Å². The Balaban J connectivity index is 2.25. The first kappa shape index (κ1) is 13.4. The Bertz CT molecular complexity index is 365. The zero-order valence-electron chi connectivity index (χ0n) is 11.8. The van der Waals surface area contributed by atoms with E-state index in [0.717, 1.165) is 25.7 Å². The molecule has 1 heterocycles. The van der Waals surface area contributed by atoms with Gasteiger partial charge in [-0.2, -0.15) is 0 Å². The van der Waals surface area contributed by atoms with Gasteiger partial charge in [0.05, 0.1) is 0 Å². The quantitative estimate of drug-likeness (QED) is 0.827. The lowest BCUT2D eigenvalue weighted by Gasteiger charge is -2.46. The smallest absolute Gasteiger partial charge is 0.249 e. The van der Waals surface area contributed by atoms with Gasteiger partial charge in [-0.3, -0.25) is 9.59 Å². The Hall–Kier alpha value is -1.06. The van der Waals surface area contributed by atoms with Crippen LogP contribution in [0.3, 0.4) is 0 Å². The van der Waals surface area contributed by atoms with Crippen LogP contribution in [0, 0.1) is 5.92 Å². The van der Waals surface area contributed by atoms with Crippen molar-refractivity contribution in [3.63, 3.8) is 0 Å². The number of hydrogen-bond acceptors (Lipinski definition) is 2. The van der Waals surface area contributed by atoms with Crippen LogP contribution in [0.25, 0.3) is 0 Å². The molecule has 4 heteroatoms. The zero-order valence-corrected chi connectivity index (χ0v) is 11.8. The van der Waals surface area contributed by atoms with Gasteiger partial charge in [0.1, 0.15) is 11.6 Å². The van der Waals surface area contributed by atoms with Crippen molar-refractivity contribution in [1.82, 2.24) is 10.2 Å². The van der Waals surface area contributed by atoms with E-state index in [1.807, 2.05) is 20.8 Å². The summed E-state index contributed by atoms with van der Waals surface area (Å²) < 4.78 is 0. The second-order valence-electron chi connectivity index (χ2n) is 5.99. The lowest BCUT2D eigenvalue weighted by molar-refractivity contribution is -0.157. The maximum Gasteiger partial charge on any atom is 0.249 e. The van der Waals surface area contributed by atoms with E-state index >= 15 is 0 Å². The Morgan fingerprint density at radius 3 is 2.56 bits per heavy atom. The molecule has 0 aromatic rings. The van der Waals surface area contributed by atoms with E-state index < -0.39 is 5.54 Å². The Kier molecular flexibility index (Phi) is 3.39. The number of carbonyl (C=O) groups is 2. The number of piperazine rings is 1. The van der Waals surface area contributed by atoms with Gasteiger partial charge in [0.15, 0.2) is 0 Å². The molecule has 0 bridgehead atoms. The van der Waals surface area contributed by atoms with Crippen LogP contribution in [-0.2, 0) is 9.59 Å². The molecule has 1 saturated carbocycles. The number of nitrogens with zero attached hydrogens (tertiary/aromatic N) is 1. The maximum absolute atomic E-state index is 12.7. The average molecular weight is 252 g/mol. The van der Waals surface area contributed by atoms with E-state index in [9.17, 15) is 9.59 Å². The van der Waals surface area contributed by atoms with E-state index in [1.165, 1.54) is 0 Å². The number of rotatable bonds is 4. The molecule has 1 aliphatic carbocycles. The Morgan fingerprint density at radius 2 is 2.06 bits per heavy atom. The van der Waals surface area contributed by atoms with Crippen LogP contribution in [-0.4, -0.2) is 34.3 Å². The molecule has 1 N–H and O–H groups in total. The number of amides is 2. The maximum atomic E-state index is 12.7. The molecule has 2 amide bonds. The van der Waals surface area contributed by atoms with Crippen LogP contribution in [0.2, 0.25) is 0 Å². The van der Waals surface area contributed by atoms with E-state index in [1.54, 1.807) is 4.90 Å². The van der Waals surface area contributed by atoms with Crippen molar-refractivity contribution in [3.05, 3.63) is 0 Å². The third-order valence-electron chi connectivity index (χ3n) is 4.43. The summed E-state index contributed by atoms with van der Waals surface area (Å²) in [6, 6.07) is -0.201. The molecule has 18 heavy (non-hydrogen) atoms. The molecular formula is C14H24N2O2. The van der Waals surface area contributed by atoms with Crippen molar-refractivity contribution in [2.75, 3.05) is 0 Å². The molecule has 3 unspecified atom stereocenters. The summed E-state index contributed by atoms with van der Waals surface area (Å²) in [5.41, 5.74) is -0.661. The highest BCUT2D eigenvalue weighted by molar-refractivity contribution is 6.00. The number of hydrogen-bond donors (Lipinski definition) is 1. The van der Waals surface area contributed by atoms with Gasteiger partial charge in [0, 0.05) is 6.04 Å². The van der Waals surface area contributed by atoms with Crippen LogP contribution >= 0.6 is 0 Å². The van der Waals surface area contributed by atoms with Gasteiger partial charge in [-0.25, -0.2) is 0 Å². The minimum absolute atomic E-state index is 0.00745. The molecule has 2 rings (SSSR count). The topological polar surface area (TPSA) is 49.4 Å². The molecule has 0 aromatic carbocycles. The summed E-state index contributed by atoms with van der Waals surface area (Å²) >= 11 is 0. The highest BCUT2D eigenvalue weighted by Gasteiger charge is 2.55. The van der Waals surface area contributed by atoms with Gasteiger partial charge in [-0.15, -0.1) is 0 Å². The monoisotopic (exact) mass is 252 g/mol. The molecule has 0 aromatic heterocycles. The largest absolute Gasteiger partial charge is 0.340 e. The van der Waals surface area contributed by atoms with Crippen molar-refractivity contribution in [2.24, 2.45) is 5.92 Å². The van der Waals surface area contributed by atoms with Crippen LogP contribution in [0.4, 0.5) is 0 Å². The molecular weight excluding hydrogens is 228 g/mol. The molecule has 0 radical (unpaired) electrons. The third-order valence-corrected chi connectivity index (χ3v) is 4.43. The van der Waals surface area contributed by atoms with E-state index in [2.05, 4.69) is 12.2 Å². The van der Waals surface area contributed by atoms with Gasteiger partial charge in [-0.1, -0.05) is 13.3 Å². The molecule has 0 spiro atoms. The van der Waals surface area contributed by atoms with E-state index in [-0.39, 0.29) is 23.9 Å². The standard InChI is InChI=1S/C14H24N2O2/c1-5-6-9(2)16-10(3)12(17)15-14(4,13(16)18)11-7-8-11/h9-11H,5-8H2,1-4H3,(H,15,17). The molecule has 3 atom stereocenters. The fraction of sp³-hybridized carbons (Fsp3) is 0.857. The van der Waals surface area contributed by atoms with Crippen LogP contribution < -0.4 is 5.32 Å². The second-order valence-corrected chi connectivity index (χ2v) is 5.99. The lowest BCUT2D eigenvalue weighted by Crippen LogP contribution is -2.70. The summed E-state index contributed by atoms with van der Waals surface area (Å²) in [7, 11) is 0. The Labute approximate surface area is 109 Å². The molecule has 1 aliphatic heterocycles. The average Bonchev–Trinajstić information content (AvgIpc) is 3.11. The van der Waals surface area contributed by atoms with Crippen molar-refractivity contribution in [2.45, 2.75) is 71.0 Å². The van der Waals surface area contributed by atoms with Crippen molar-refractivity contribution in [3.8, 4) is 0 Å². The van der Waals surface area contributed by atoms with Gasteiger partial charge >= 0.3 is 0 Å². The normalized spacial score (nSPS) is 34.4. The van der Waals surface area contributed by atoms with Gasteiger partial charge < -0.3 is 10.2 Å². The SMILES string of the molecule is CCCC(C)N1C(=O)C(C)(C2CC2)NC(=O)C1C. The van der Waals surface area contributed by atoms with Crippen LogP contribution in [0.1, 0.15) is 53.4 Å². The minimum atomic E-state index is -0.661. The van der Waals surface area contributed by atoms with E-state index in [0.29, 0.717) is 5.92 Å². The fourth-order valence-electron chi connectivity index (χ4n) is 3.06. The van der Waals surface area contributed by atoms with Crippen molar-refractivity contribution < 1.29 is 9.59 Å². The third kappa shape index (κ3) is 2.02. The molecule has 4 nitrogen and oxygen atoms in total. The Morgan fingerprint density at radius 1 is 1.44 bits per heavy atom. The first-order valence-electron chi connectivity index (χ1n) is 7.06. The zero-order chi connectivity index (χ0) is 13.5. The minimum Gasteiger partial charge on any atom is -0.340 e. The molecule has 1 saturated heterocycles. The van der Waals surface area contributed by atoms with Crippen LogP contribution in [0.5, 0.6) is 0 Å². The highest BCUT2D eigenvalue weighted by atomic mass is 16.2. The lowest BCUT2D eigenvalue weighted by atomic mass is 9.88. The summed E-state index contributed by atoms with van der Waals surface area (Å²) in [5.74, 6) is 0.433.